The fourth-order valence-electron chi connectivity index (χ4n) is 0.927. The van der Waals surface area contributed by atoms with Crippen molar-refractivity contribution in [1.82, 2.24) is 0 Å². The fourth-order valence-corrected chi connectivity index (χ4v) is 1.62. The Morgan fingerprint density at radius 2 is 2.33 bits per heavy atom. The lowest BCUT2D eigenvalue weighted by Gasteiger charge is -2.14. The molecule has 0 fully saturated rings. The summed E-state index contributed by atoms with van der Waals surface area (Å²) in [5.41, 5.74) is 0. The Balaban J connectivity index is 2.37. The van der Waals surface area contributed by atoms with Gasteiger partial charge < -0.3 is 15.5 Å². The molecule has 0 aliphatic carbocycles. The molecule has 0 aromatic carbocycles. The van der Waals surface area contributed by atoms with Crippen LogP contribution in [0.15, 0.2) is 17.5 Å². The van der Waals surface area contributed by atoms with Crippen LogP contribution >= 0.6 is 11.3 Å². The normalized spacial score (nSPS) is 12.8. The molecule has 1 unspecified atom stereocenters. The lowest BCUT2D eigenvalue weighted by atomic mass is 10.2. The number of aliphatic hydroxyl groups is 2. The van der Waals surface area contributed by atoms with Gasteiger partial charge in [-0.2, -0.15) is 0 Å². The molecule has 0 amide bonds. The van der Waals surface area contributed by atoms with Crippen LogP contribution in [0.2, 0.25) is 0 Å². The van der Waals surface area contributed by atoms with Crippen molar-refractivity contribution in [3.05, 3.63) is 17.5 Å². The summed E-state index contributed by atoms with van der Waals surface area (Å²) in [6.07, 6.45) is 0.578. The molecule has 0 saturated carbocycles. The van der Waals surface area contributed by atoms with E-state index in [9.17, 15) is 0 Å². The number of hydrogen-bond donors (Lipinski definition) is 3. The van der Waals surface area contributed by atoms with E-state index >= 15 is 0 Å². The van der Waals surface area contributed by atoms with E-state index < -0.39 is 0 Å². The molecule has 0 bridgehead atoms. The number of thiophene rings is 1. The Morgan fingerprint density at radius 1 is 1.50 bits per heavy atom. The highest BCUT2D eigenvalue weighted by Gasteiger charge is 2.05. The summed E-state index contributed by atoms with van der Waals surface area (Å²) < 4.78 is 0. The van der Waals surface area contributed by atoms with E-state index in [1.54, 1.807) is 11.3 Å². The molecule has 0 radical (unpaired) electrons. The average Bonchev–Trinajstić information content (AvgIpc) is 2.56. The van der Waals surface area contributed by atoms with Crippen molar-refractivity contribution in [2.24, 2.45) is 0 Å². The molecule has 0 saturated heterocycles. The van der Waals surface area contributed by atoms with Crippen LogP contribution < -0.4 is 5.32 Å². The molecule has 4 heteroatoms. The number of hydrogen-bond acceptors (Lipinski definition) is 4. The van der Waals surface area contributed by atoms with Gasteiger partial charge >= 0.3 is 0 Å². The topological polar surface area (TPSA) is 52.5 Å². The van der Waals surface area contributed by atoms with Gasteiger partial charge in [-0.25, -0.2) is 0 Å². The van der Waals surface area contributed by atoms with Crippen LogP contribution in [-0.2, 0) is 0 Å². The van der Waals surface area contributed by atoms with Crippen molar-refractivity contribution in [2.75, 3.05) is 18.5 Å². The molecule has 1 atom stereocenters. The molecule has 1 rings (SSSR count). The Morgan fingerprint density at radius 3 is 2.83 bits per heavy atom. The molecule has 1 heterocycles. The highest BCUT2D eigenvalue weighted by molar-refractivity contribution is 7.14. The molecule has 3 nitrogen and oxygen atoms in total. The lowest BCUT2D eigenvalue weighted by Crippen LogP contribution is -2.24. The van der Waals surface area contributed by atoms with E-state index in [2.05, 4.69) is 5.32 Å². The second-order valence-corrected chi connectivity index (χ2v) is 3.46. The van der Waals surface area contributed by atoms with Gasteiger partial charge in [0, 0.05) is 6.61 Å². The molecular weight excluding hydrogens is 174 g/mol. The predicted octanol–water partition coefficient (Wildman–Crippen LogP) is 0.903. The fraction of sp³-hybridized carbons (Fsp3) is 0.500. The quantitative estimate of drug-likeness (QED) is 0.642. The number of rotatable bonds is 5. The first-order valence-electron chi connectivity index (χ1n) is 3.88. The Hall–Kier alpha value is -0.580. The van der Waals surface area contributed by atoms with Crippen molar-refractivity contribution in [2.45, 2.75) is 12.5 Å². The molecule has 0 aliphatic heterocycles. The summed E-state index contributed by atoms with van der Waals surface area (Å²) in [5.74, 6) is 0. The number of anilines is 1. The van der Waals surface area contributed by atoms with E-state index in [4.69, 9.17) is 10.2 Å². The van der Waals surface area contributed by atoms with E-state index in [-0.39, 0.29) is 19.3 Å². The zero-order valence-corrected chi connectivity index (χ0v) is 7.55. The first kappa shape index (κ1) is 9.51. The number of aliphatic hydroxyl groups excluding tert-OH is 2. The Labute approximate surface area is 75.7 Å². The minimum Gasteiger partial charge on any atom is -0.396 e. The van der Waals surface area contributed by atoms with Gasteiger partial charge in [0.05, 0.1) is 17.6 Å². The van der Waals surface area contributed by atoms with Gasteiger partial charge in [-0.3, -0.25) is 0 Å². The highest BCUT2D eigenvalue weighted by Crippen LogP contribution is 2.16. The van der Waals surface area contributed by atoms with E-state index in [0.717, 1.165) is 5.00 Å². The van der Waals surface area contributed by atoms with Gasteiger partial charge in [-0.15, -0.1) is 11.3 Å². The molecular formula is C8H13NO2S. The molecule has 0 aliphatic rings. The maximum atomic E-state index is 8.89. The number of nitrogens with one attached hydrogen (secondary N) is 1. The summed E-state index contributed by atoms with van der Waals surface area (Å²) in [4.78, 5) is 0. The molecule has 68 valence electrons. The van der Waals surface area contributed by atoms with Crippen LogP contribution in [0.5, 0.6) is 0 Å². The summed E-state index contributed by atoms with van der Waals surface area (Å²) >= 11 is 1.59. The zero-order chi connectivity index (χ0) is 8.81. The third-order valence-electron chi connectivity index (χ3n) is 1.57. The Bertz CT molecular complexity index is 201. The van der Waals surface area contributed by atoms with Crippen LogP contribution in [0.25, 0.3) is 0 Å². The SMILES string of the molecule is OCCC(CO)Nc1cccs1. The lowest BCUT2D eigenvalue weighted by molar-refractivity contribution is 0.229. The van der Waals surface area contributed by atoms with Gasteiger partial charge in [0.1, 0.15) is 0 Å². The van der Waals surface area contributed by atoms with Crippen molar-refractivity contribution in [1.29, 1.82) is 0 Å². The van der Waals surface area contributed by atoms with Crippen LogP contribution in [0, 0.1) is 0 Å². The van der Waals surface area contributed by atoms with E-state index in [0.29, 0.717) is 6.42 Å². The standard InChI is InChI=1S/C8H13NO2S/c10-4-3-7(6-11)9-8-2-1-5-12-8/h1-2,5,7,9-11H,3-4,6H2. The van der Waals surface area contributed by atoms with E-state index in [1.807, 2.05) is 17.5 Å². The minimum atomic E-state index is -0.0337. The second-order valence-electron chi connectivity index (χ2n) is 2.51. The maximum absolute atomic E-state index is 8.89. The summed E-state index contributed by atoms with van der Waals surface area (Å²) in [5, 5.41) is 23.7. The first-order valence-corrected chi connectivity index (χ1v) is 4.76. The van der Waals surface area contributed by atoms with Gasteiger partial charge in [0.2, 0.25) is 0 Å². The average molecular weight is 187 g/mol. The van der Waals surface area contributed by atoms with Crippen molar-refractivity contribution in [3.63, 3.8) is 0 Å². The van der Waals surface area contributed by atoms with Crippen LogP contribution in [0.4, 0.5) is 5.00 Å². The summed E-state index contributed by atoms with van der Waals surface area (Å²) in [6, 6.07) is 3.86. The molecule has 12 heavy (non-hydrogen) atoms. The van der Waals surface area contributed by atoms with Gasteiger partial charge in [-0.1, -0.05) is 0 Å². The maximum Gasteiger partial charge on any atom is 0.0885 e. The van der Waals surface area contributed by atoms with Crippen molar-refractivity contribution in [3.8, 4) is 0 Å². The van der Waals surface area contributed by atoms with E-state index in [1.165, 1.54) is 0 Å². The third-order valence-corrected chi connectivity index (χ3v) is 2.37. The minimum absolute atomic E-state index is 0.0337. The van der Waals surface area contributed by atoms with Crippen LogP contribution in [-0.4, -0.2) is 29.5 Å². The van der Waals surface area contributed by atoms with Crippen molar-refractivity contribution >= 4 is 16.3 Å². The monoisotopic (exact) mass is 187 g/mol. The smallest absolute Gasteiger partial charge is 0.0885 e. The highest BCUT2D eigenvalue weighted by atomic mass is 32.1. The molecule has 1 aromatic rings. The molecule has 3 N–H and O–H groups in total. The van der Waals surface area contributed by atoms with Gasteiger partial charge in [0.25, 0.3) is 0 Å². The largest absolute Gasteiger partial charge is 0.396 e. The first-order chi connectivity index (χ1) is 5.86. The predicted molar refractivity (Wildman–Crippen MR) is 50.5 cm³/mol. The van der Waals surface area contributed by atoms with Crippen LogP contribution in [0.3, 0.4) is 0 Å². The van der Waals surface area contributed by atoms with Gasteiger partial charge in [0.15, 0.2) is 0 Å². The third kappa shape index (κ3) is 2.81. The summed E-state index contributed by atoms with van der Waals surface area (Å²) in [7, 11) is 0. The molecule has 0 spiro atoms. The molecule has 1 aromatic heterocycles. The summed E-state index contributed by atoms with van der Waals surface area (Å²) in [6.45, 7) is 0.155. The second kappa shape index (κ2) is 5.13. The zero-order valence-electron chi connectivity index (χ0n) is 6.73. The Kier molecular flexibility index (Phi) is 4.07. The van der Waals surface area contributed by atoms with Crippen LogP contribution in [0.1, 0.15) is 6.42 Å². The van der Waals surface area contributed by atoms with Gasteiger partial charge in [-0.05, 0) is 23.9 Å². The van der Waals surface area contributed by atoms with Crippen molar-refractivity contribution < 1.29 is 10.2 Å².